The summed E-state index contributed by atoms with van der Waals surface area (Å²) in [5.74, 6) is 0.0376. The van der Waals surface area contributed by atoms with Crippen LogP contribution in [0.4, 0.5) is 5.69 Å². The lowest BCUT2D eigenvalue weighted by Crippen LogP contribution is -2.48. The highest BCUT2D eigenvalue weighted by atomic mass is 16.5. The maximum atomic E-state index is 12.1. The number of morpholine rings is 1. The van der Waals surface area contributed by atoms with Gasteiger partial charge in [0.1, 0.15) is 0 Å². The fraction of sp³-hybridized carbons (Fsp3) is 0.533. The van der Waals surface area contributed by atoms with Crippen LogP contribution in [0.1, 0.15) is 19.4 Å². The predicted molar refractivity (Wildman–Crippen MR) is 76.3 cm³/mol. The van der Waals surface area contributed by atoms with Gasteiger partial charge in [0, 0.05) is 18.8 Å². The van der Waals surface area contributed by atoms with Crippen molar-refractivity contribution in [2.45, 2.75) is 33.0 Å². The van der Waals surface area contributed by atoms with Gasteiger partial charge in [0.25, 0.3) is 0 Å². The molecule has 1 saturated heterocycles. The van der Waals surface area contributed by atoms with E-state index in [1.807, 2.05) is 45.0 Å². The van der Waals surface area contributed by atoms with Crippen molar-refractivity contribution in [2.24, 2.45) is 0 Å². The molecule has 0 unspecified atom stereocenters. The van der Waals surface area contributed by atoms with Crippen molar-refractivity contribution in [3.63, 3.8) is 0 Å². The van der Waals surface area contributed by atoms with Gasteiger partial charge >= 0.3 is 0 Å². The number of benzene rings is 1. The maximum absolute atomic E-state index is 12.1. The summed E-state index contributed by atoms with van der Waals surface area (Å²) in [4.78, 5) is 14.2. The number of amides is 1. The Kier molecular flexibility index (Phi) is 4.56. The maximum Gasteiger partial charge on any atom is 0.238 e. The summed E-state index contributed by atoms with van der Waals surface area (Å²) in [5, 5.41) is 2.97. The zero-order chi connectivity index (χ0) is 13.8. The van der Waals surface area contributed by atoms with Gasteiger partial charge in [-0.15, -0.1) is 0 Å². The minimum absolute atomic E-state index is 0.0376. The van der Waals surface area contributed by atoms with E-state index in [2.05, 4.69) is 10.2 Å². The predicted octanol–water partition coefficient (Wildman–Crippen LogP) is 2.04. The largest absolute Gasteiger partial charge is 0.373 e. The van der Waals surface area contributed by atoms with E-state index in [0.717, 1.165) is 24.3 Å². The molecule has 1 aliphatic rings. The monoisotopic (exact) mass is 262 g/mol. The Bertz CT molecular complexity index is 438. The van der Waals surface area contributed by atoms with E-state index < -0.39 is 0 Å². The molecule has 1 heterocycles. The van der Waals surface area contributed by atoms with Crippen molar-refractivity contribution in [1.29, 1.82) is 0 Å². The number of para-hydroxylation sites is 1. The first-order chi connectivity index (χ1) is 9.04. The molecule has 0 aliphatic carbocycles. The van der Waals surface area contributed by atoms with Gasteiger partial charge in [0.15, 0.2) is 0 Å². The fourth-order valence-electron chi connectivity index (χ4n) is 2.52. The smallest absolute Gasteiger partial charge is 0.238 e. The summed E-state index contributed by atoms with van der Waals surface area (Å²) in [5.41, 5.74) is 1.97. The molecule has 1 aromatic carbocycles. The number of nitrogens with one attached hydrogen (secondary N) is 1. The number of carbonyl (C=O) groups excluding carboxylic acids is 1. The van der Waals surface area contributed by atoms with Gasteiger partial charge in [0.2, 0.25) is 5.91 Å². The number of nitrogens with zero attached hydrogens (tertiary/aromatic N) is 1. The molecule has 1 N–H and O–H groups in total. The Morgan fingerprint density at radius 3 is 2.58 bits per heavy atom. The van der Waals surface area contributed by atoms with Crippen LogP contribution in [0.3, 0.4) is 0 Å². The van der Waals surface area contributed by atoms with E-state index in [9.17, 15) is 4.79 Å². The van der Waals surface area contributed by atoms with Crippen LogP contribution in [0.2, 0.25) is 0 Å². The van der Waals surface area contributed by atoms with Crippen LogP contribution in [0.5, 0.6) is 0 Å². The van der Waals surface area contributed by atoms with Crippen LogP contribution < -0.4 is 5.32 Å². The van der Waals surface area contributed by atoms with E-state index in [0.29, 0.717) is 6.54 Å². The first-order valence-electron chi connectivity index (χ1n) is 6.78. The highest BCUT2D eigenvalue weighted by molar-refractivity contribution is 5.92. The Balaban J connectivity index is 1.89. The quantitative estimate of drug-likeness (QED) is 0.906. The third-order valence-electron chi connectivity index (χ3n) is 3.28. The lowest BCUT2D eigenvalue weighted by atomic mass is 10.2. The minimum atomic E-state index is 0.0376. The van der Waals surface area contributed by atoms with Crippen molar-refractivity contribution in [1.82, 2.24) is 4.90 Å². The third kappa shape index (κ3) is 4.04. The highest BCUT2D eigenvalue weighted by Crippen LogP contribution is 2.14. The van der Waals surface area contributed by atoms with Crippen LogP contribution in [-0.4, -0.2) is 42.6 Å². The van der Waals surface area contributed by atoms with Crippen molar-refractivity contribution in [2.75, 3.05) is 25.0 Å². The standard InChI is InChI=1S/C15H22N2O2/c1-11-6-4-5-7-14(11)16-15(18)10-17-8-12(2)19-13(3)9-17/h4-7,12-13H,8-10H2,1-3H3,(H,16,18)/t12-,13-/m1/s1. The summed E-state index contributed by atoms with van der Waals surface area (Å²) in [7, 11) is 0. The second-order valence-corrected chi connectivity index (χ2v) is 5.31. The number of ether oxygens (including phenoxy) is 1. The SMILES string of the molecule is Cc1ccccc1NC(=O)CN1C[C@@H](C)O[C@H](C)C1. The van der Waals surface area contributed by atoms with Crippen molar-refractivity contribution < 1.29 is 9.53 Å². The zero-order valence-corrected chi connectivity index (χ0v) is 11.8. The summed E-state index contributed by atoms with van der Waals surface area (Å²) in [6.07, 6.45) is 0.380. The van der Waals surface area contributed by atoms with Crippen molar-refractivity contribution in [3.8, 4) is 0 Å². The Morgan fingerprint density at radius 2 is 1.95 bits per heavy atom. The normalized spacial score (nSPS) is 24.2. The Hall–Kier alpha value is -1.39. The lowest BCUT2D eigenvalue weighted by molar-refractivity contribution is -0.121. The van der Waals surface area contributed by atoms with Crippen molar-refractivity contribution in [3.05, 3.63) is 29.8 Å². The van der Waals surface area contributed by atoms with Gasteiger partial charge in [0.05, 0.1) is 18.8 Å². The molecule has 1 fully saturated rings. The summed E-state index contributed by atoms with van der Waals surface area (Å²) >= 11 is 0. The highest BCUT2D eigenvalue weighted by Gasteiger charge is 2.23. The first-order valence-corrected chi connectivity index (χ1v) is 6.78. The van der Waals surface area contributed by atoms with Crippen molar-refractivity contribution >= 4 is 11.6 Å². The van der Waals surface area contributed by atoms with E-state index in [-0.39, 0.29) is 18.1 Å². The third-order valence-corrected chi connectivity index (χ3v) is 3.28. The molecule has 4 nitrogen and oxygen atoms in total. The van der Waals surface area contributed by atoms with E-state index >= 15 is 0 Å². The molecular formula is C15H22N2O2. The Morgan fingerprint density at radius 1 is 1.32 bits per heavy atom. The second kappa shape index (κ2) is 6.17. The number of aryl methyl sites for hydroxylation is 1. The molecule has 0 bridgehead atoms. The molecule has 0 saturated carbocycles. The molecule has 104 valence electrons. The molecule has 2 atom stereocenters. The molecular weight excluding hydrogens is 240 g/mol. The molecule has 1 aromatic rings. The van der Waals surface area contributed by atoms with Gasteiger partial charge in [-0.3, -0.25) is 9.69 Å². The van der Waals surface area contributed by atoms with E-state index in [1.54, 1.807) is 0 Å². The zero-order valence-electron chi connectivity index (χ0n) is 11.8. The molecule has 4 heteroatoms. The van der Waals surface area contributed by atoms with Gasteiger partial charge in [-0.25, -0.2) is 0 Å². The van der Waals surface area contributed by atoms with Crippen LogP contribution in [-0.2, 0) is 9.53 Å². The molecule has 0 aromatic heterocycles. The topological polar surface area (TPSA) is 41.6 Å². The second-order valence-electron chi connectivity index (χ2n) is 5.31. The summed E-state index contributed by atoms with van der Waals surface area (Å²) < 4.78 is 5.66. The summed E-state index contributed by atoms with van der Waals surface area (Å²) in [6, 6.07) is 7.82. The number of hydrogen-bond acceptors (Lipinski definition) is 3. The van der Waals surface area contributed by atoms with Crippen LogP contribution >= 0.6 is 0 Å². The molecule has 1 aliphatic heterocycles. The molecule has 2 rings (SSSR count). The summed E-state index contributed by atoms with van der Waals surface area (Å²) in [6.45, 7) is 8.13. The number of hydrogen-bond donors (Lipinski definition) is 1. The Labute approximate surface area is 114 Å². The van der Waals surface area contributed by atoms with Gasteiger partial charge in [-0.2, -0.15) is 0 Å². The van der Waals surface area contributed by atoms with Crippen LogP contribution in [0.15, 0.2) is 24.3 Å². The number of anilines is 1. The minimum Gasteiger partial charge on any atom is -0.373 e. The fourth-order valence-corrected chi connectivity index (χ4v) is 2.52. The first kappa shape index (κ1) is 14.0. The molecule has 1 amide bonds. The molecule has 0 spiro atoms. The average molecular weight is 262 g/mol. The van der Waals surface area contributed by atoms with Gasteiger partial charge in [-0.1, -0.05) is 18.2 Å². The van der Waals surface area contributed by atoms with Crippen LogP contribution in [0, 0.1) is 6.92 Å². The van der Waals surface area contributed by atoms with Gasteiger partial charge < -0.3 is 10.1 Å². The van der Waals surface area contributed by atoms with Gasteiger partial charge in [-0.05, 0) is 32.4 Å². The lowest BCUT2D eigenvalue weighted by Gasteiger charge is -2.34. The molecule has 0 radical (unpaired) electrons. The number of carbonyl (C=O) groups is 1. The van der Waals surface area contributed by atoms with E-state index in [4.69, 9.17) is 4.74 Å². The van der Waals surface area contributed by atoms with E-state index in [1.165, 1.54) is 0 Å². The average Bonchev–Trinajstić information content (AvgIpc) is 2.30. The molecule has 19 heavy (non-hydrogen) atoms. The van der Waals surface area contributed by atoms with Crippen LogP contribution in [0.25, 0.3) is 0 Å². The number of rotatable bonds is 3.